The highest BCUT2D eigenvalue weighted by Crippen LogP contribution is 2.23. The summed E-state index contributed by atoms with van der Waals surface area (Å²) in [5.74, 6) is 0.824. The lowest BCUT2D eigenvalue weighted by Gasteiger charge is -2.04. The summed E-state index contributed by atoms with van der Waals surface area (Å²) < 4.78 is 7.21. The number of hydrogen-bond acceptors (Lipinski definition) is 4. The van der Waals surface area contributed by atoms with Crippen LogP contribution in [0.1, 0.15) is 13.3 Å². The smallest absolute Gasteiger partial charge is 0.286 e. The summed E-state index contributed by atoms with van der Waals surface area (Å²) in [6.07, 6.45) is 4.21. The van der Waals surface area contributed by atoms with Gasteiger partial charge in [-0.2, -0.15) is 0 Å². The molecule has 0 aliphatic rings. The Hall–Kier alpha value is -2.89. The van der Waals surface area contributed by atoms with E-state index in [2.05, 4.69) is 11.9 Å². The number of rotatable bonds is 5. The van der Waals surface area contributed by atoms with Gasteiger partial charge in [-0.3, -0.25) is 14.5 Å². The third kappa shape index (κ3) is 2.76. The number of aromatic nitrogens is 2. The van der Waals surface area contributed by atoms with Crippen LogP contribution >= 0.6 is 0 Å². The molecule has 6 heteroatoms. The Morgan fingerprint density at radius 1 is 1.18 bits per heavy atom. The number of benzene rings is 1. The quantitative estimate of drug-likeness (QED) is 0.532. The van der Waals surface area contributed by atoms with Gasteiger partial charge in [0.1, 0.15) is 11.4 Å². The zero-order valence-corrected chi connectivity index (χ0v) is 12.1. The van der Waals surface area contributed by atoms with E-state index in [0.717, 1.165) is 23.4 Å². The fraction of sp³-hybridized carbons (Fsp3) is 0.188. The summed E-state index contributed by atoms with van der Waals surface area (Å²) in [5.41, 5.74) is 2.42. The van der Waals surface area contributed by atoms with Crippen molar-refractivity contribution in [3.63, 3.8) is 0 Å². The zero-order chi connectivity index (χ0) is 15.5. The minimum Gasteiger partial charge on any atom is -0.494 e. The van der Waals surface area contributed by atoms with Gasteiger partial charge in [-0.1, -0.05) is 6.92 Å². The standard InChI is InChI=1S/C16H15N3O3/c1-2-9-22-14-6-3-12(4-7-14)15-11-18-10-13(19(20)21)5-8-16(18)17-15/h3-8,10-11H,2,9H2,1H3. The van der Waals surface area contributed by atoms with Crippen molar-refractivity contribution in [1.82, 2.24) is 9.38 Å². The monoisotopic (exact) mass is 297 g/mol. The number of nitrogens with zero attached hydrogens (tertiary/aromatic N) is 3. The highest BCUT2D eigenvalue weighted by Gasteiger charge is 2.09. The predicted octanol–water partition coefficient (Wildman–Crippen LogP) is 3.70. The van der Waals surface area contributed by atoms with Crippen LogP contribution in [0.5, 0.6) is 5.75 Å². The summed E-state index contributed by atoms with van der Waals surface area (Å²) in [6, 6.07) is 10.8. The van der Waals surface area contributed by atoms with Crippen LogP contribution in [-0.2, 0) is 0 Å². The summed E-state index contributed by atoms with van der Waals surface area (Å²) in [7, 11) is 0. The number of imidazole rings is 1. The van der Waals surface area contributed by atoms with E-state index in [9.17, 15) is 10.1 Å². The van der Waals surface area contributed by atoms with E-state index >= 15 is 0 Å². The van der Waals surface area contributed by atoms with Crippen LogP contribution in [0.15, 0.2) is 48.8 Å². The Morgan fingerprint density at radius 2 is 1.95 bits per heavy atom. The van der Waals surface area contributed by atoms with Crippen molar-refractivity contribution < 1.29 is 9.66 Å². The maximum absolute atomic E-state index is 10.8. The second-order valence-electron chi connectivity index (χ2n) is 4.91. The molecule has 0 aliphatic heterocycles. The average Bonchev–Trinajstić information content (AvgIpc) is 2.96. The first-order valence-electron chi connectivity index (χ1n) is 7.04. The van der Waals surface area contributed by atoms with Gasteiger partial charge in [0, 0.05) is 17.8 Å². The minimum absolute atomic E-state index is 0.0414. The molecule has 0 amide bonds. The fourth-order valence-electron chi connectivity index (χ4n) is 2.17. The summed E-state index contributed by atoms with van der Waals surface area (Å²) in [4.78, 5) is 14.9. The Bertz CT molecular complexity index is 809. The van der Waals surface area contributed by atoms with Gasteiger partial charge in [0.2, 0.25) is 0 Å². The molecule has 0 atom stereocenters. The van der Waals surface area contributed by atoms with Crippen LogP contribution < -0.4 is 4.74 Å². The van der Waals surface area contributed by atoms with Gasteiger partial charge < -0.3 is 4.74 Å². The van der Waals surface area contributed by atoms with E-state index < -0.39 is 4.92 Å². The molecular formula is C16H15N3O3. The van der Waals surface area contributed by atoms with Crippen molar-refractivity contribution >= 4 is 11.3 Å². The number of nitro groups is 1. The van der Waals surface area contributed by atoms with Crippen LogP contribution in [0.25, 0.3) is 16.9 Å². The van der Waals surface area contributed by atoms with Gasteiger partial charge >= 0.3 is 0 Å². The molecule has 0 spiro atoms. The van der Waals surface area contributed by atoms with Crippen LogP contribution in [0.4, 0.5) is 5.69 Å². The summed E-state index contributed by atoms with van der Waals surface area (Å²) >= 11 is 0. The Morgan fingerprint density at radius 3 is 2.64 bits per heavy atom. The Balaban J connectivity index is 1.91. The first-order valence-corrected chi connectivity index (χ1v) is 7.04. The molecule has 0 saturated carbocycles. The minimum atomic E-state index is -0.418. The molecule has 0 radical (unpaired) electrons. The SMILES string of the molecule is CCCOc1ccc(-c2cn3cc([N+](=O)[O-])ccc3n2)cc1. The lowest BCUT2D eigenvalue weighted by molar-refractivity contribution is -0.385. The second-order valence-corrected chi connectivity index (χ2v) is 4.91. The average molecular weight is 297 g/mol. The molecular weight excluding hydrogens is 282 g/mol. The van der Waals surface area contributed by atoms with Crippen molar-refractivity contribution in [3.05, 3.63) is 58.9 Å². The van der Waals surface area contributed by atoms with Gasteiger partial charge in [-0.05, 0) is 36.8 Å². The highest BCUT2D eigenvalue weighted by molar-refractivity contribution is 5.63. The number of ether oxygens (including phenoxy) is 1. The van der Waals surface area contributed by atoms with Gasteiger partial charge in [0.05, 0.1) is 23.4 Å². The first kappa shape index (κ1) is 14.1. The molecule has 0 aliphatic carbocycles. The molecule has 0 N–H and O–H groups in total. The zero-order valence-electron chi connectivity index (χ0n) is 12.1. The molecule has 3 aromatic rings. The highest BCUT2D eigenvalue weighted by atomic mass is 16.6. The maximum Gasteiger partial charge on any atom is 0.286 e. The third-order valence-corrected chi connectivity index (χ3v) is 3.27. The van der Waals surface area contributed by atoms with Crippen LogP contribution in [0, 0.1) is 10.1 Å². The molecule has 0 unspecified atom stereocenters. The summed E-state index contributed by atoms with van der Waals surface area (Å²) in [5, 5.41) is 10.8. The topological polar surface area (TPSA) is 69.7 Å². The number of hydrogen-bond donors (Lipinski definition) is 0. The molecule has 112 valence electrons. The molecule has 6 nitrogen and oxygen atoms in total. The number of pyridine rings is 1. The largest absolute Gasteiger partial charge is 0.494 e. The molecule has 3 rings (SSSR count). The lowest BCUT2D eigenvalue weighted by atomic mass is 10.2. The molecule has 22 heavy (non-hydrogen) atoms. The molecule has 2 heterocycles. The molecule has 1 aromatic carbocycles. The molecule has 2 aromatic heterocycles. The lowest BCUT2D eigenvalue weighted by Crippen LogP contribution is -1.94. The third-order valence-electron chi connectivity index (χ3n) is 3.27. The summed E-state index contributed by atoms with van der Waals surface area (Å²) in [6.45, 7) is 2.75. The van der Waals surface area contributed by atoms with E-state index in [1.54, 1.807) is 16.7 Å². The molecule has 0 bridgehead atoms. The van der Waals surface area contributed by atoms with Crippen molar-refractivity contribution in [2.24, 2.45) is 0 Å². The van der Waals surface area contributed by atoms with Gasteiger partial charge in [-0.25, -0.2) is 4.98 Å². The van der Waals surface area contributed by atoms with Gasteiger partial charge in [-0.15, -0.1) is 0 Å². The van der Waals surface area contributed by atoms with E-state index in [1.807, 2.05) is 24.3 Å². The molecule has 0 saturated heterocycles. The first-order chi connectivity index (χ1) is 10.7. The van der Waals surface area contributed by atoms with E-state index in [4.69, 9.17) is 4.74 Å². The Kier molecular flexibility index (Phi) is 3.74. The van der Waals surface area contributed by atoms with Crippen LogP contribution in [-0.4, -0.2) is 20.9 Å². The van der Waals surface area contributed by atoms with Gasteiger partial charge in [0.25, 0.3) is 5.69 Å². The van der Waals surface area contributed by atoms with Crippen molar-refractivity contribution in [3.8, 4) is 17.0 Å². The van der Waals surface area contributed by atoms with Crippen molar-refractivity contribution in [2.45, 2.75) is 13.3 Å². The fourth-order valence-corrected chi connectivity index (χ4v) is 2.17. The maximum atomic E-state index is 10.8. The van der Waals surface area contributed by atoms with Crippen molar-refractivity contribution in [2.75, 3.05) is 6.61 Å². The van der Waals surface area contributed by atoms with Crippen LogP contribution in [0.2, 0.25) is 0 Å². The van der Waals surface area contributed by atoms with Gasteiger partial charge in [0.15, 0.2) is 0 Å². The number of fused-ring (bicyclic) bond motifs is 1. The normalized spacial score (nSPS) is 10.8. The Labute approximate surface area is 127 Å². The van der Waals surface area contributed by atoms with E-state index in [0.29, 0.717) is 12.3 Å². The predicted molar refractivity (Wildman–Crippen MR) is 83.1 cm³/mol. The van der Waals surface area contributed by atoms with Crippen LogP contribution in [0.3, 0.4) is 0 Å². The molecule has 0 fully saturated rings. The van der Waals surface area contributed by atoms with Crippen molar-refractivity contribution in [1.29, 1.82) is 0 Å². The van der Waals surface area contributed by atoms with E-state index in [-0.39, 0.29) is 5.69 Å². The van der Waals surface area contributed by atoms with E-state index in [1.165, 1.54) is 12.3 Å². The second kappa shape index (κ2) is 5.85.